The molecule has 1 aromatic carbocycles. The van der Waals surface area contributed by atoms with Crippen LogP contribution in [0.1, 0.15) is 25.8 Å². The van der Waals surface area contributed by atoms with Gasteiger partial charge < -0.3 is 5.11 Å². The van der Waals surface area contributed by atoms with Crippen molar-refractivity contribution in [3.63, 3.8) is 0 Å². The quantitative estimate of drug-likeness (QED) is 0.926. The number of hydrogen-bond acceptors (Lipinski definition) is 2. The molecule has 0 bridgehead atoms. The van der Waals surface area contributed by atoms with Crippen LogP contribution in [0.15, 0.2) is 18.2 Å². The Bertz CT molecular complexity index is 521. The molecule has 0 aliphatic carbocycles. The Kier molecular flexibility index (Phi) is 4.35. The first-order chi connectivity index (χ1) is 9.35. The molecule has 1 atom stereocenters. The molecule has 110 valence electrons. The molecule has 0 radical (unpaired) electrons. The molecule has 5 heteroatoms. The summed E-state index contributed by atoms with van der Waals surface area (Å²) in [4.78, 5) is 13.6. The smallest absolute Gasteiger partial charge is 0.311 e. The number of aliphatic carboxylic acids is 1. The number of carboxylic acid groups (broad SMARTS) is 1. The van der Waals surface area contributed by atoms with Crippen LogP contribution >= 0.6 is 11.6 Å². The van der Waals surface area contributed by atoms with E-state index >= 15 is 0 Å². The van der Waals surface area contributed by atoms with E-state index in [-0.39, 0.29) is 11.7 Å². The first-order valence-electron chi connectivity index (χ1n) is 6.75. The van der Waals surface area contributed by atoms with Crippen molar-refractivity contribution in [3.05, 3.63) is 34.6 Å². The summed E-state index contributed by atoms with van der Waals surface area (Å²) < 4.78 is 13.7. The lowest BCUT2D eigenvalue weighted by Gasteiger charge is -2.28. The largest absolute Gasteiger partial charge is 0.481 e. The second-order valence-corrected chi connectivity index (χ2v) is 6.25. The number of benzene rings is 1. The molecule has 1 aromatic rings. The number of rotatable bonds is 4. The first kappa shape index (κ1) is 15.3. The van der Waals surface area contributed by atoms with Crippen LogP contribution in [0.4, 0.5) is 4.39 Å². The Hall–Kier alpha value is -1.13. The van der Waals surface area contributed by atoms with Crippen LogP contribution in [-0.4, -0.2) is 29.1 Å². The monoisotopic (exact) mass is 299 g/mol. The Morgan fingerprint density at radius 1 is 1.55 bits per heavy atom. The maximum atomic E-state index is 13.7. The predicted octanol–water partition coefficient (Wildman–Crippen LogP) is 3.41. The molecule has 2 rings (SSSR count). The van der Waals surface area contributed by atoms with Gasteiger partial charge in [-0.15, -0.1) is 0 Å². The highest BCUT2D eigenvalue weighted by Crippen LogP contribution is 2.38. The van der Waals surface area contributed by atoms with Gasteiger partial charge in [0.1, 0.15) is 5.82 Å². The number of halogens is 2. The molecule has 0 saturated carbocycles. The minimum atomic E-state index is -0.762. The zero-order chi connectivity index (χ0) is 14.9. The van der Waals surface area contributed by atoms with Crippen LogP contribution < -0.4 is 0 Å². The third-order valence-electron chi connectivity index (χ3n) is 4.31. The van der Waals surface area contributed by atoms with Crippen molar-refractivity contribution < 1.29 is 14.3 Å². The van der Waals surface area contributed by atoms with E-state index in [0.717, 1.165) is 0 Å². The van der Waals surface area contributed by atoms with Crippen molar-refractivity contribution in [1.82, 2.24) is 4.90 Å². The molecule has 1 unspecified atom stereocenters. The van der Waals surface area contributed by atoms with E-state index in [1.54, 1.807) is 6.07 Å². The SMILES string of the molecule is CC(C)C1(C(=O)O)CCN(Cc2cc(Cl)ccc2F)C1. The summed E-state index contributed by atoms with van der Waals surface area (Å²) in [6.45, 7) is 5.37. The second kappa shape index (κ2) is 5.70. The third kappa shape index (κ3) is 2.81. The molecule has 1 aliphatic heterocycles. The van der Waals surface area contributed by atoms with E-state index < -0.39 is 11.4 Å². The Balaban J connectivity index is 2.14. The summed E-state index contributed by atoms with van der Waals surface area (Å²) in [6.07, 6.45) is 0.599. The van der Waals surface area contributed by atoms with Gasteiger partial charge in [0.2, 0.25) is 0 Å². The number of hydrogen-bond donors (Lipinski definition) is 1. The van der Waals surface area contributed by atoms with Gasteiger partial charge in [-0.2, -0.15) is 0 Å². The van der Waals surface area contributed by atoms with Gasteiger partial charge in [-0.3, -0.25) is 9.69 Å². The molecule has 0 aromatic heterocycles. The average molecular weight is 300 g/mol. The fourth-order valence-electron chi connectivity index (χ4n) is 2.85. The summed E-state index contributed by atoms with van der Waals surface area (Å²) >= 11 is 5.88. The third-order valence-corrected chi connectivity index (χ3v) is 4.55. The van der Waals surface area contributed by atoms with Gasteiger partial charge in [-0.1, -0.05) is 25.4 Å². The van der Waals surface area contributed by atoms with Gasteiger partial charge in [0.25, 0.3) is 0 Å². The first-order valence-corrected chi connectivity index (χ1v) is 7.12. The van der Waals surface area contributed by atoms with Gasteiger partial charge in [0.15, 0.2) is 0 Å². The average Bonchev–Trinajstić information content (AvgIpc) is 2.79. The Labute approximate surface area is 123 Å². The van der Waals surface area contributed by atoms with Gasteiger partial charge in [-0.25, -0.2) is 4.39 Å². The summed E-state index contributed by atoms with van der Waals surface area (Å²) in [7, 11) is 0. The maximum Gasteiger partial charge on any atom is 0.311 e. The number of carboxylic acids is 1. The molecule has 1 fully saturated rings. The predicted molar refractivity (Wildman–Crippen MR) is 76.2 cm³/mol. The standard InChI is InChI=1S/C15H19ClFNO2/c1-10(2)15(14(19)20)5-6-18(9-15)8-11-7-12(16)3-4-13(11)17/h3-4,7,10H,5-6,8-9H2,1-2H3,(H,19,20). The topological polar surface area (TPSA) is 40.5 Å². The van der Waals surface area contributed by atoms with Crippen molar-refractivity contribution in [2.24, 2.45) is 11.3 Å². The highest BCUT2D eigenvalue weighted by molar-refractivity contribution is 6.30. The minimum Gasteiger partial charge on any atom is -0.481 e. The molecule has 1 heterocycles. The molecule has 1 N–H and O–H groups in total. The number of carbonyl (C=O) groups is 1. The summed E-state index contributed by atoms with van der Waals surface area (Å²) in [5.74, 6) is -1.01. The Morgan fingerprint density at radius 3 is 2.80 bits per heavy atom. The van der Waals surface area contributed by atoms with Gasteiger partial charge >= 0.3 is 5.97 Å². The normalized spacial score (nSPS) is 23.4. The number of likely N-dealkylation sites (tertiary alicyclic amines) is 1. The van der Waals surface area contributed by atoms with Gasteiger partial charge in [-0.05, 0) is 37.1 Å². The van der Waals surface area contributed by atoms with Crippen LogP contribution in [0.25, 0.3) is 0 Å². The van der Waals surface area contributed by atoms with Crippen LogP contribution in [-0.2, 0) is 11.3 Å². The fraction of sp³-hybridized carbons (Fsp3) is 0.533. The van der Waals surface area contributed by atoms with E-state index in [2.05, 4.69) is 0 Å². The molecular weight excluding hydrogens is 281 g/mol. The molecular formula is C15H19ClFNO2. The van der Waals surface area contributed by atoms with Gasteiger partial charge in [0.05, 0.1) is 5.41 Å². The summed E-state index contributed by atoms with van der Waals surface area (Å²) in [5, 5.41) is 9.99. The van der Waals surface area contributed by atoms with Crippen molar-refractivity contribution in [1.29, 1.82) is 0 Å². The van der Waals surface area contributed by atoms with Crippen molar-refractivity contribution in [3.8, 4) is 0 Å². The van der Waals surface area contributed by atoms with E-state index in [9.17, 15) is 14.3 Å². The molecule has 3 nitrogen and oxygen atoms in total. The lowest BCUT2D eigenvalue weighted by atomic mass is 9.76. The lowest BCUT2D eigenvalue weighted by molar-refractivity contribution is -0.151. The summed E-state index contributed by atoms with van der Waals surface area (Å²) in [5.41, 5.74) is -0.211. The van der Waals surface area contributed by atoms with Crippen molar-refractivity contribution in [2.75, 3.05) is 13.1 Å². The van der Waals surface area contributed by atoms with Crippen LogP contribution in [0, 0.1) is 17.2 Å². The van der Waals surface area contributed by atoms with Crippen molar-refractivity contribution >= 4 is 17.6 Å². The highest BCUT2D eigenvalue weighted by Gasteiger charge is 2.47. The van der Waals surface area contributed by atoms with Crippen molar-refractivity contribution in [2.45, 2.75) is 26.8 Å². The Morgan fingerprint density at radius 2 is 2.25 bits per heavy atom. The molecule has 20 heavy (non-hydrogen) atoms. The van der Waals surface area contributed by atoms with Crippen LogP contribution in [0.5, 0.6) is 0 Å². The zero-order valence-corrected chi connectivity index (χ0v) is 12.5. The van der Waals surface area contributed by atoms with E-state index in [0.29, 0.717) is 36.6 Å². The molecule has 0 spiro atoms. The second-order valence-electron chi connectivity index (χ2n) is 5.81. The fourth-order valence-corrected chi connectivity index (χ4v) is 3.04. The number of nitrogens with zero attached hydrogens (tertiary/aromatic N) is 1. The molecule has 1 aliphatic rings. The van der Waals surface area contributed by atoms with Gasteiger partial charge in [0, 0.05) is 23.7 Å². The van der Waals surface area contributed by atoms with Crippen LogP contribution in [0.2, 0.25) is 5.02 Å². The maximum absolute atomic E-state index is 13.7. The van der Waals surface area contributed by atoms with E-state index in [4.69, 9.17) is 11.6 Å². The molecule has 0 amide bonds. The summed E-state index contributed by atoms with van der Waals surface area (Å²) in [6, 6.07) is 4.47. The van der Waals surface area contributed by atoms with Crippen LogP contribution in [0.3, 0.4) is 0 Å². The lowest BCUT2D eigenvalue weighted by Crippen LogP contribution is -2.39. The highest BCUT2D eigenvalue weighted by atomic mass is 35.5. The van der Waals surface area contributed by atoms with E-state index in [1.165, 1.54) is 12.1 Å². The van der Waals surface area contributed by atoms with E-state index in [1.807, 2.05) is 18.7 Å². The minimum absolute atomic E-state index is 0.0502. The molecule has 1 saturated heterocycles. The zero-order valence-electron chi connectivity index (χ0n) is 11.7.